The zero-order valence-corrected chi connectivity index (χ0v) is 19.6. The van der Waals surface area contributed by atoms with Gasteiger partial charge in [0, 0.05) is 25.0 Å². The van der Waals surface area contributed by atoms with Gasteiger partial charge in [-0.25, -0.2) is 0 Å². The number of benzene rings is 2. The molecule has 34 heavy (non-hydrogen) atoms. The summed E-state index contributed by atoms with van der Waals surface area (Å²) in [5.41, 5.74) is 4.55. The van der Waals surface area contributed by atoms with E-state index in [0.717, 1.165) is 35.1 Å². The first-order chi connectivity index (χ1) is 16.5. The van der Waals surface area contributed by atoms with E-state index in [9.17, 15) is 14.4 Å². The van der Waals surface area contributed by atoms with Crippen molar-refractivity contribution in [3.05, 3.63) is 70.8 Å². The highest BCUT2D eigenvalue weighted by atomic mass is 16.5. The molecule has 0 spiro atoms. The van der Waals surface area contributed by atoms with Crippen LogP contribution in [-0.2, 0) is 19.1 Å². The van der Waals surface area contributed by atoms with Crippen LogP contribution in [0.2, 0.25) is 0 Å². The maximum atomic E-state index is 14.0. The average Bonchev–Trinajstić information content (AvgIpc) is 3.46. The van der Waals surface area contributed by atoms with Crippen molar-refractivity contribution < 1.29 is 19.1 Å². The van der Waals surface area contributed by atoms with Gasteiger partial charge in [0.1, 0.15) is 6.04 Å². The maximum absolute atomic E-state index is 14.0. The molecule has 2 heterocycles. The van der Waals surface area contributed by atoms with Crippen molar-refractivity contribution in [2.45, 2.75) is 50.7 Å². The molecule has 4 atom stereocenters. The van der Waals surface area contributed by atoms with Gasteiger partial charge < -0.3 is 10.1 Å². The summed E-state index contributed by atoms with van der Waals surface area (Å²) < 4.78 is 5.63. The number of likely N-dealkylation sites (tertiary alicyclic amines) is 1. The third-order valence-corrected chi connectivity index (χ3v) is 8.19. The SMILES string of the molecule is CC(C)[C@H](C(=O)NC[C@@H]1CCCO1)N1C(=O)[C@@H]2C3c4ccccc4C(c4ccccc43)[C@@H]2C1=O. The van der Waals surface area contributed by atoms with E-state index < -0.39 is 17.9 Å². The molecule has 7 rings (SSSR count). The number of ether oxygens (including phenoxy) is 1. The van der Waals surface area contributed by atoms with Gasteiger partial charge in [-0.3, -0.25) is 19.3 Å². The molecule has 2 aromatic carbocycles. The van der Waals surface area contributed by atoms with E-state index in [1.54, 1.807) is 0 Å². The Hall–Kier alpha value is -2.99. The Labute approximate surface area is 199 Å². The van der Waals surface area contributed by atoms with Crippen LogP contribution in [-0.4, -0.2) is 47.9 Å². The predicted octanol–water partition coefficient (Wildman–Crippen LogP) is 3.20. The molecule has 6 heteroatoms. The Kier molecular flexibility index (Phi) is 5.10. The molecule has 0 aromatic heterocycles. The molecule has 0 saturated carbocycles. The fourth-order valence-electron chi connectivity index (χ4n) is 6.82. The second-order valence-electron chi connectivity index (χ2n) is 10.4. The molecule has 2 bridgehead atoms. The minimum Gasteiger partial charge on any atom is -0.376 e. The topological polar surface area (TPSA) is 75.7 Å². The quantitative estimate of drug-likeness (QED) is 0.699. The molecule has 2 aromatic rings. The Balaban J connectivity index is 1.37. The lowest BCUT2D eigenvalue weighted by Gasteiger charge is -2.45. The van der Waals surface area contributed by atoms with Crippen molar-refractivity contribution in [2.75, 3.05) is 13.2 Å². The smallest absolute Gasteiger partial charge is 0.243 e. The molecule has 5 aliphatic rings. The number of carbonyl (C=O) groups is 3. The van der Waals surface area contributed by atoms with E-state index in [0.29, 0.717) is 13.2 Å². The summed E-state index contributed by atoms with van der Waals surface area (Å²) >= 11 is 0. The number of imide groups is 1. The largest absolute Gasteiger partial charge is 0.376 e. The van der Waals surface area contributed by atoms with E-state index in [-0.39, 0.29) is 41.6 Å². The third-order valence-electron chi connectivity index (χ3n) is 8.19. The number of rotatable bonds is 5. The number of hydrogen-bond donors (Lipinski definition) is 1. The van der Waals surface area contributed by atoms with Crippen molar-refractivity contribution >= 4 is 17.7 Å². The fraction of sp³-hybridized carbons (Fsp3) is 0.464. The lowest BCUT2D eigenvalue weighted by Crippen LogP contribution is -2.53. The number of amides is 3. The van der Waals surface area contributed by atoms with Gasteiger partial charge in [-0.05, 0) is 41.0 Å². The molecule has 3 amide bonds. The molecule has 0 radical (unpaired) electrons. The van der Waals surface area contributed by atoms with Crippen molar-refractivity contribution in [3.63, 3.8) is 0 Å². The molecule has 2 aliphatic heterocycles. The molecule has 3 aliphatic carbocycles. The lowest BCUT2D eigenvalue weighted by atomic mass is 9.55. The summed E-state index contributed by atoms with van der Waals surface area (Å²) in [7, 11) is 0. The number of hydrogen-bond acceptors (Lipinski definition) is 4. The summed E-state index contributed by atoms with van der Waals surface area (Å²) in [6.07, 6.45) is 1.91. The van der Waals surface area contributed by atoms with Gasteiger partial charge in [0.15, 0.2) is 0 Å². The van der Waals surface area contributed by atoms with Crippen molar-refractivity contribution in [2.24, 2.45) is 17.8 Å². The Morgan fingerprint density at radius 1 is 0.941 bits per heavy atom. The first kappa shape index (κ1) is 21.5. The van der Waals surface area contributed by atoms with E-state index in [1.165, 1.54) is 4.90 Å². The van der Waals surface area contributed by atoms with Crippen LogP contribution in [0, 0.1) is 17.8 Å². The van der Waals surface area contributed by atoms with Crippen LogP contribution in [0.3, 0.4) is 0 Å². The van der Waals surface area contributed by atoms with E-state index in [2.05, 4.69) is 29.6 Å². The summed E-state index contributed by atoms with van der Waals surface area (Å²) in [6, 6.07) is 15.6. The van der Waals surface area contributed by atoms with Gasteiger partial charge >= 0.3 is 0 Å². The first-order valence-corrected chi connectivity index (χ1v) is 12.4. The molecule has 1 N–H and O–H groups in total. The van der Waals surface area contributed by atoms with Crippen molar-refractivity contribution in [1.29, 1.82) is 0 Å². The molecule has 2 saturated heterocycles. The fourth-order valence-corrected chi connectivity index (χ4v) is 6.82. The van der Waals surface area contributed by atoms with Crippen molar-refractivity contribution in [3.8, 4) is 0 Å². The van der Waals surface area contributed by atoms with E-state index >= 15 is 0 Å². The van der Waals surface area contributed by atoms with Gasteiger partial charge in [0.05, 0.1) is 17.9 Å². The standard InChI is InChI=1S/C28H30N2O4/c1-15(2)25(26(31)29-14-16-8-7-13-34-16)30-27(32)23-21-17-9-3-4-10-18(17)22(24(23)28(30)33)20-12-6-5-11-19(20)21/h3-6,9-12,15-16,21-25H,7-8,13-14H2,1-2H3,(H,29,31)/t16-,21?,22?,23-,24+,25+/m0/s1. The Bertz CT molecular complexity index is 1050. The predicted molar refractivity (Wildman–Crippen MR) is 126 cm³/mol. The van der Waals surface area contributed by atoms with Crippen LogP contribution < -0.4 is 5.32 Å². The molecule has 0 unspecified atom stereocenters. The Morgan fingerprint density at radius 3 is 1.85 bits per heavy atom. The number of carbonyl (C=O) groups excluding carboxylic acids is 3. The minimum absolute atomic E-state index is 0.00386. The van der Waals surface area contributed by atoms with Crippen LogP contribution in [0.5, 0.6) is 0 Å². The molecule has 2 fully saturated rings. The summed E-state index contributed by atoms with van der Waals surface area (Å²) in [4.78, 5) is 42.6. The normalized spacial score (nSPS) is 29.7. The highest BCUT2D eigenvalue weighted by Crippen LogP contribution is 2.61. The monoisotopic (exact) mass is 458 g/mol. The van der Waals surface area contributed by atoms with Crippen LogP contribution in [0.1, 0.15) is 60.8 Å². The van der Waals surface area contributed by atoms with Crippen LogP contribution in [0.4, 0.5) is 0 Å². The Morgan fingerprint density at radius 2 is 1.44 bits per heavy atom. The zero-order valence-electron chi connectivity index (χ0n) is 19.6. The highest BCUT2D eigenvalue weighted by Gasteiger charge is 2.63. The lowest BCUT2D eigenvalue weighted by molar-refractivity contribution is -0.149. The van der Waals surface area contributed by atoms with Gasteiger partial charge in [0.2, 0.25) is 17.7 Å². The average molecular weight is 459 g/mol. The molecule has 176 valence electrons. The first-order valence-electron chi connectivity index (χ1n) is 12.4. The summed E-state index contributed by atoms with van der Waals surface area (Å²) in [5, 5.41) is 2.97. The van der Waals surface area contributed by atoms with Crippen LogP contribution >= 0.6 is 0 Å². The molecular weight excluding hydrogens is 428 g/mol. The number of nitrogens with one attached hydrogen (secondary N) is 1. The van der Waals surface area contributed by atoms with E-state index in [4.69, 9.17) is 4.74 Å². The number of nitrogens with zero attached hydrogens (tertiary/aromatic N) is 1. The zero-order chi connectivity index (χ0) is 23.6. The van der Waals surface area contributed by atoms with Gasteiger partial charge in [0.25, 0.3) is 0 Å². The summed E-state index contributed by atoms with van der Waals surface area (Å²) in [6.45, 7) is 4.92. The van der Waals surface area contributed by atoms with Crippen LogP contribution in [0.15, 0.2) is 48.5 Å². The van der Waals surface area contributed by atoms with Crippen molar-refractivity contribution in [1.82, 2.24) is 10.2 Å². The summed E-state index contributed by atoms with van der Waals surface area (Å²) in [5.74, 6) is -2.13. The van der Waals surface area contributed by atoms with Gasteiger partial charge in [-0.1, -0.05) is 62.4 Å². The van der Waals surface area contributed by atoms with Gasteiger partial charge in [-0.2, -0.15) is 0 Å². The second kappa shape index (κ2) is 8.05. The van der Waals surface area contributed by atoms with Crippen LogP contribution in [0.25, 0.3) is 0 Å². The van der Waals surface area contributed by atoms with E-state index in [1.807, 2.05) is 38.1 Å². The van der Waals surface area contributed by atoms with Gasteiger partial charge in [-0.15, -0.1) is 0 Å². The molecular formula is C28H30N2O4. The maximum Gasteiger partial charge on any atom is 0.243 e. The molecule has 6 nitrogen and oxygen atoms in total. The second-order valence-corrected chi connectivity index (χ2v) is 10.4. The highest BCUT2D eigenvalue weighted by molar-refractivity contribution is 6.10. The minimum atomic E-state index is -0.822. The third kappa shape index (κ3) is 3.01.